The number of ether oxygens (including phenoxy) is 7. The number of carbonyl (C=O) groups excluding carboxylic acids is 7. The van der Waals surface area contributed by atoms with Gasteiger partial charge in [0.05, 0.1) is 36.0 Å². The summed E-state index contributed by atoms with van der Waals surface area (Å²) in [7, 11) is 0. The predicted molar refractivity (Wildman–Crippen MR) is 254 cm³/mol. The molecule has 0 radical (unpaired) electrons. The van der Waals surface area contributed by atoms with Gasteiger partial charge in [0.2, 0.25) is 0 Å². The number of rotatable bonds is 16. The largest absolute Gasteiger partial charge is 0.461 e. The molecule has 2 unspecified atom stereocenters. The minimum absolute atomic E-state index is 0.0164. The van der Waals surface area contributed by atoms with E-state index < -0.39 is 124 Å². The number of fused-ring (bicyclic) bond motifs is 5. The van der Waals surface area contributed by atoms with Crippen molar-refractivity contribution >= 4 is 54.2 Å². The average Bonchev–Trinajstić information content (AvgIpc) is 3.33. The Morgan fingerprint density at radius 1 is 0.873 bits per heavy atom. The summed E-state index contributed by atoms with van der Waals surface area (Å²) in [5, 5.41) is 17.0. The van der Waals surface area contributed by atoms with E-state index in [2.05, 4.69) is 17.9 Å². The molecule has 2 bridgehead atoms. The van der Waals surface area contributed by atoms with Crippen LogP contribution in [0, 0.1) is 22.6 Å². The maximum absolute atomic E-state index is 16.2. The quantitative estimate of drug-likeness (QED) is 0.0632. The molecular weight excluding hydrogens is 942 g/mol. The maximum Gasteiger partial charge on any atom is 0.338 e. The van der Waals surface area contributed by atoms with Gasteiger partial charge in [0.1, 0.15) is 35.8 Å². The minimum Gasteiger partial charge on any atom is -0.461 e. The molecule has 2 saturated carbocycles. The van der Waals surface area contributed by atoms with Crippen molar-refractivity contribution in [3.8, 4) is 0 Å². The fraction of sp³-hybridized carbons (Fsp3) is 0.491. The van der Waals surface area contributed by atoms with E-state index in [1.54, 1.807) is 88.4 Å². The van der Waals surface area contributed by atoms with Crippen molar-refractivity contribution in [2.45, 2.75) is 128 Å². The van der Waals surface area contributed by atoms with Crippen LogP contribution in [-0.2, 0) is 57.1 Å². The van der Waals surface area contributed by atoms with Crippen molar-refractivity contribution in [3.63, 3.8) is 0 Å². The lowest BCUT2D eigenvalue weighted by Crippen LogP contribution is -2.82. The summed E-state index contributed by atoms with van der Waals surface area (Å²) in [6.07, 6.45) is -10.6. The third kappa shape index (κ3) is 9.75. The van der Waals surface area contributed by atoms with Crippen LogP contribution in [0.4, 0.5) is 4.39 Å². The molecule has 3 fully saturated rings. The Kier molecular flexibility index (Phi) is 15.7. The fourth-order valence-electron chi connectivity index (χ4n) is 11.0. The van der Waals surface area contributed by atoms with Crippen molar-refractivity contribution in [1.82, 2.24) is 5.32 Å². The first-order chi connectivity index (χ1) is 33.7. The van der Waals surface area contributed by atoms with Crippen LogP contribution in [0.3, 0.4) is 0 Å². The lowest BCUT2D eigenvalue weighted by atomic mass is 9.44. The molecule has 1 amide bonds. The molecule has 3 aromatic carbocycles. The minimum atomic E-state index is -2.49. The molecule has 7 rings (SSSR count). The first kappa shape index (κ1) is 52.9. The first-order valence-electron chi connectivity index (χ1n) is 23.7. The summed E-state index contributed by atoms with van der Waals surface area (Å²) in [6, 6.07) is 20.2. The number of hydrogen-bond donors (Lipinski definition) is 3. The van der Waals surface area contributed by atoms with Gasteiger partial charge in [-0.2, -0.15) is 12.6 Å². The number of carbonyl (C=O) groups is 7. The van der Waals surface area contributed by atoms with E-state index in [4.69, 9.17) is 33.2 Å². The van der Waals surface area contributed by atoms with E-state index in [0.717, 1.165) is 31.2 Å². The molecule has 1 saturated heterocycles. The highest BCUT2D eigenvalue weighted by Crippen LogP contribution is 2.65. The van der Waals surface area contributed by atoms with Gasteiger partial charge in [-0.1, -0.05) is 69.3 Å². The summed E-state index contributed by atoms with van der Waals surface area (Å²) in [4.78, 5) is 100. The molecule has 2 N–H and O–H groups in total. The number of thiol groups is 1. The molecule has 71 heavy (non-hydrogen) atoms. The molecule has 16 nitrogen and oxygen atoms in total. The molecule has 380 valence electrons. The zero-order valence-corrected chi connectivity index (χ0v) is 41.5. The van der Waals surface area contributed by atoms with Crippen LogP contribution < -0.4 is 5.32 Å². The van der Waals surface area contributed by atoms with E-state index >= 15 is 9.59 Å². The van der Waals surface area contributed by atoms with Gasteiger partial charge in [-0.25, -0.2) is 14.0 Å². The van der Waals surface area contributed by atoms with E-state index in [1.165, 1.54) is 13.8 Å². The molecule has 11 atom stereocenters. The zero-order valence-electron chi connectivity index (χ0n) is 40.6. The molecule has 0 spiro atoms. The molecule has 18 heteroatoms. The summed E-state index contributed by atoms with van der Waals surface area (Å²) in [5.74, 6) is -8.18. The number of amides is 1. The van der Waals surface area contributed by atoms with Gasteiger partial charge in [0.15, 0.2) is 23.6 Å². The van der Waals surface area contributed by atoms with Gasteiger partial charge in [-0.15, -0.1) is 0 Å². The van der Waals surface area contributed by atoms with E-state index in [9.17, 15) is 33.5 Å². The van der Waals surface area contributed by atoms with Crippen molar-refractivity contribution in [2.75, 3.05) is 19.0 Å². The Bertz CT molecular complexity index is 2560. The number of ketones is 1. The summed E-state index contributed by atoms with van der Waals surface area (Å²) >= 11 is 4.20. The second kappa shape index (κ2) is 21.0. The maximum atomic E-state index is 16.2. The SMILES string of the molecule is CCO[C@@H](C(=O)O[C@H]1C[C@@]2(O)C(OC(=O)c3ccc(F)cc3)C3[C@](C)(C(=O)[C@H](OC(=O)CC)C(=C1C)C2(C)C)[C@@H](OC(=O)CCS)C[C@H]1OC[C@@]31OC(C)=O)[C@@H](NC(=O)c1ccccc1)c1ccccc1. The fourth-order valence-corrected chi connectivity index (χ4v) is 11.2. The van der Waals surface area contributed by atoms with Crippen LogP contribution in [0.2, 0.25) is 0 Å². The van der Waals surface area contributed by atoms with Crippen LogP contribution in [0.5, 0.6) is 0 Å². The third-order valence-electron chi connectivity index (χ3n) is 14.7. The Labute approximate surface area is 416 Å². The summed E-state index contributed by atoms with van der Waals surface area (Å²) in [6.45, 7) is 9.98. The molecular formula is C53H60FNO15S. The van der Waals surface area contributed by atoms with Crippen LogP contribution in [-0.4, -0.2) is 113 Å². The lowest BCUT2D eigenvalue weighted by Gasteiger charge is -2.67. The van der Waals surface area contributed by atoms with Crippen LogP contribution in [0.15, 0.2) is 96.1 Å². The molecule has 3 aliphatic carbocycles. The Hall–Kier alpha value is -5.95. The van der Waals surface area contributed by atoms with E-state index in [-0.39, 0.29) is 54.9 Å². The van der Waals surface area contributed by atoms with Gasteiger partial charge in [-0.3, -0.25) is 24.0 Å². The zero-order chi connectivity index (χ0) is 51.6. The average molecular weight is 1000 g/mol. The monoisotopic (exact) mass is 1000 g/mol. The van der Waals surface area contributed by atoms with Crippen molar-refractivity contribution in [2.24, 2.45) is 16.7 Å². The van der Waals surface area contributed by atoms with Gasteiger partial charge in [-0.05, 0) is 73.9 Å². The van der Waals surface area contributed by atoms with Gasteiger partial charge >= 0.3 is 29.8 Å². The highest BCUT2D eigenvalue weighted by atomic mass is 32.1. The topological polar surface area (TPSA) is 216 Å². The van der Waals surface area contributed by atoms with Crippen LogP contribution >= 0.6 is 12.6 Å². The van der Waals surface area contributed by atoms with Crippen LogP contribution in [0.25, 0.3) is 0 Å². The molecule has 4 aliphatic rings. The second-order valence-electron chi connectivity index (χ2n) is 19.1. The number of nitrogens with one attached hydrogen (secondary N) is 1. The van der Waals surface area contributed by atoms with Crippen molar-refractivity contribution < 1.29 is 76.2 Å². The molecule has 0 aromatic heterocycles. The summed E-state index contributed by atoms with van der Waals surface area (Å²) < 4.78 is 57.9. The standard InChI is InChI=1S/C53H60FNO15S/c1-8-38(57)68-42-40-29(3)35(66-49(62)43(64-9-2)41(31-16-12-10-13-17-31)55-47(60)32-18-14-11-15-19-32)27-53(63,50(40,5)6)46(69-48(61)33-20-22-34(54)23-21-33)44-51(7,45(42)59)36(67-39(58)24-25-71)26-37-52(44,28-65-37)70-30(4)56/h10-23,35-37,41-44,46,63,71H,8-9,24-28H2,1-7H3,(H,55,60)/t35-,36-,37+,41-,42+,43+,44?,46?,51+,52-,53+/m0/s1. The Balaban J connectivity index is 1.45. The predicted octanol–water partition coefficient (Wildman–Crippen LogP) is 6.18. The smallest absolute Gasteiger partial charge is 0.338 e. The highest BCUT2D eigenvalue weighted by Gasteiger charge is 2.79. The van der Waals surface area contributed by atoms with E-state index in [1.807, 2.05) is 0 Å². The number of hydrogen-bond acceptors (Lipinski definition) is 16. The Morgan fingerprint density at radius 3 is 2.10 bits per heavy atom. The van der Waals surface area contributed by atoms with Crippen molar-refractivity contribution in [3.05, 3.63) is 119 Å². The number of benzene rings is 3. The molecule has 1 aliphatic heterocycles. The molecule has 1 heterocycles. The van der Waals surface area contributed by atoms with Gasteiger partial charge in [0, 0.05) is 49.5 Å². The van der Waals surface area contributed by atoms with Crippen molar-refractivity contribution in [1.29, 1.82) is 0 Å². The van der Waals surface area contributed by atoms with Gasteiger partial charge < -0.3 is 43.6 Å². The second-order valence-corrected chi connectivity index (χ2v) is 19.5. The number of Topliss-reactive ketones (excluding diaryl/α,β-unsaturated/α-hetero) is 1. The normalized spacial score (nSPS) is 29.2. The van der Waals surface area contributed by atoms with Crippen LogP contribution in [0.1, 0.15) is 106 Å². The van der Waals surface area contributed by atoms with Gasteiger partial charge in [0.25, 0.3) is 5.91 Å². The number of halogens is 1. The third-order valence-corrected chi connectivity index (χ3v) is 14.9. The number of esters is 5. The van der Waals surface area contributed by atoms with E-state index in [0.29, 0.717) is 11.1 Å². The number of aliphatic hydroxyl groups is 1. The molecule has 3 aromatic rings. The lowest BCUT2D eigenvalue weighted by molar-refractivity contribution is -0.346. The highest BCUT2D eigenvalue weighted by molar-refractivity contribution is 7.80. The first-order valence-corrected chi connectivity index (χ1v) is 24.3. The Morgan fingerprint density at radius 2 is 1.52 bits per heavy atom. The summed E-state index contributed by atoms with van der Waals surface area (Å²) in [5.41, 5.74) is -7.47.